The number of aromatic nitrogens is 1. The topological polar surface area (TPSA) is 22.1 Å². The van der Waals surface area contributed by atoms with Crippen LogP contribution in [-0.2, 0) is 12.8 Å². The molecule has 1 aromatic heterocycles. The zero-order chi connectivity index (χ0) is 13.7. The summed E-state index contributed by atoms with van der Waals surface area (Å²) in [4.78, 5) is 4.03. The molecule has 0 aliphatic heterocycles. The number of nitrogens with zero attached hydrogens (tertiary/aromatic N) is 1. The first-order valence-corrected chi connectivity index (χ1v) is 6.70. The van der Waals surface area contributed by atoms with E-state index in [1.54, 1.807) is 0 Å². The predicted octanol–water partition coefficient (Wildman–Crippen LogP) is 4.04. The van der Waals surface area contributed by atoms with Gasteiger partial charge < -0.3 is 4.74 Å². The van der Waals surface area contributed by atoms with Gasteiger partial charge in [0.2, 0.25) is 0 Å². The van der Waals surface area contributed by atoms with Crippen LogP contribution in [0, 0.1) is 0 Å². The van der Waals surface area contributed by atoms with E-state index < -0.39 is 0 Å². The van der Waals surface area contributed by atoms with Crippen LogP contribution in [0.25, 0.3) is 0 Å². The third-order valence-corrected chi connectivity index (χ3v) is 2.80. The van der Waals surface area contributed by atoms with Gasteiger partial charge in [0.1, 0.15) is 11.4 Å². The summed E-state index contributed by atoms with van der Waals surface area (Å²) in [6.45, 7) is 6.18. The quantitative estimate of drug-likeness (QED) is 0.822. The molecule has 0 bridgehead atoms. The molecule has 19 heavy (non-hydrogen) atoms. The van der Waals surface area contributed by atoms with Crippen LogP contribution in [0.15, 0.2) is 48.8 Å². The molecule has 0 saturated carbocycles. The molecule has 0 fully saturated rings. The summed E-state index contributed by atoms with van der Waals surface area (Å²) < 4.78 is 5.81. The normalized spacial score (nSPS) is 11.3. The van der Waals surface area contributed by atoms with E-state index in [1.165, 1.54) is 11.1 Å². The van der Waals surface area contributed by atoms with Gasteiger partial charge in [-0.2, -0.15) is 0 Å². The van der Waals surface area contributed by atoms with Crippen LogP contribution in [-0.4, -0.2) is 10.6 Å². The molecule has 0 atom stereocenters. The largest absolute Gasteiger partial charge is 0.488 e. The molecule has 0 spiro atoms. The molecule has 0 N–H and O–H groups in total. The van der Waals surface area contributed by atoms with Crippen LogP contribution in [0.1, 0.15) is 31.9 Å². The lowest BCUT2D eigenvalue weighted by Crippen LogP contribution is -2.22. The van der Waals surface area contributed by atoms with Crippen LogP contribution in [0.5, 0.6) is 5.75 Å². The van der Waals surface area contributed by atoms with Gasteiger partial charge in [-0.15, -0.1) is 0 Å². The first-order valence-electron chi connectivity index (χ1n) is 6.70. The highest BCUT2D eigenvalue weighted by Crippen LogP contribution is 2.19. The number of hydrogen-bond acceptors (Lipinski definition) is 2. The van der Waals surface area contributed by atoms with Crippen molar-refractivity contribution in [3.8, 4) is 5.75 Å². The van der Waals surface area contributed by atoms with Crippen LogP contribution in [0.3, 0.4) is 0 Å². The molecular weight excluding hydrogens is 234 g/mol. The van der Waals surface area contributed by atoms with Gasteiger partial charge in [0, 0.05) is 12.4 Å². The molecule has 0 radical (unpaired) electrons. The van der Waals surface area contributed by atoms with Crippen molar-refractivity contribution in [1.29, 1.82) is 0 Å². The predicted molar refractivity (Wildman–Crippen MR) is 78.5 cm³/mol. The van der Waals surface area contributed by atoms with Crippen LogP contribution in [0.2, 0.25) is 0 Å². The van der Waals surface area contributed by atoms with Gasteiger partial charge in [0.25, 0.3) is 0 Å². The summed E-state index contributed by atoms with van der Waals surface area (Å²) in [5.41, 5.74) is 2.52. The van der Waals surface area contributed by atoms with Gasteiger partial charge >= 0.3 is 0 Å². The van der Waals surface area contributed by atoms with E-state index in [9.17, 15) is 0 Å². The summed E-state index contributed by atoms with van der Waals surface area (Å²) in [6, 6.07) is 12.5. The van der Waals surface area contributed by atoms with E-state index in [1.807, 2.05) is 24.5 Å². The Kier molecular flexibility index (Phi) is 4.20. The Bertz CT molecular complexity index is 497. The number of benzene rings is 1. The van der Waals surface area contributed by atoms with Gasteiger partial charge in [-0.1, -0.05) is 12.1 Å². The lowest BCUT2D eigenvalue weighted by atomic mass is 10.1. The van der Waals surface area contributed by atoms with Gasteiger partial charge in [-0.3, -0.25) is 4.98 Å². The lowest BCUT2D eigenvalue weighted by molar-refractivity contribution is 0.131. The fourth-order valence-electron chi connectivity index (χ4n) is 1.92. The third kappa shape index (κ3) is 4.74. The molecule has 2 rings (SSSR count). The zero-order valence-electron chi connectivity index (χ0n) is 11.9. The van der Waals surface area contributed by atoms with Crippen LogP contribution in [0.4, 0.5) is 0 Å². The second-order valence-electron chi connectivity index (χ2n) is 5.71. The SMILES string of the molecule is CC(C)(C)Oc1ccc(CCc2ccncc2)cc1. The van der Waals surface area contributed by atoms with Gasteiger partial charge in [0.15, 0.2) is 0 Å². The average molecular weight is 255 g/mol. The maximum atomic E-state index is 5.81. The van der Waals surface area contributed by atoms with E-state index in [-0.39, 0.29) is 5.60 Å². The maximum absolute atomic E-state index is 5.81. The first kappa shape index (κ1) is 13.6. The Morgan fingerprint density at radius 3 is 1.89 bits per heavy atom. The molecule has 0 unspecified atom stereocenters. The Morgan fingerprint density at radius 2 is 1.37 bits per heavy atom. The lowest BCUT2D eigenvalue weighted by Gasteiger charge is -2.21. The zero-order valence-corrected chi connectivity index (χ0v) is 11.9. The van der Waals surface area contributed by atoms with E-state index in [2.05, 4.69) is 50.0 Å². The van der Waals surface area contributed by atoms with Crippen molar-refractivity contribution in [3.05, 3.63) is 59.9 Å². The van der Waals surface area contributed by atoms with Crippen LogP contribution < -0.4 is 4.74 Å². The summed E-state index contributed by atoms with van der Waals surface area (Å²) >= 11 is 0. The van der Waals surface area contributed by atoms with Crippen LogP contribution >= 0.6 is 0 Å². The highest BCUT2D eigenvalue weighted by atomic mass is 16.5. The minimum absolute atomic E-state index is 0.140. The maximum Gasteiger partial charge on any atom is 0.120 e. The van der Waals surface area contributed by atoms with E-state index >= 15 is 0 Å². The highest BCUT2D eigenvalue weighted by molar-refractivity contribution is 5.28. The number of hydrogen-bond donors (Lipinski definition) is 0. The van der Waals surface area contributed by atoms with Crippen molar-refractivity contribution in [1.82, 2.24) is 4.98 Å². The van der Waals surface area contributed by atoms with E-state index in [4.69, 9.17) is 4.74 Å². The number of rotatable bonds is 4. The van der Waals surface area contributed by atoms with Gasteiger partial charge in [0.05, 0.1) is 0 Å². The fraction of sp³-hybridized carbons (Fsp3) is 0.353. The summed E-state index contributed by atoms with van der Waals surface area (Å²) in [5, 5.41) is 0. The van der Waals surface area contributed by atoms with Gasteiger partial charge in [-0.05, 0) is 69.0 Å². The second kappa shape index (κ2) is 5.87. The van der Waals surface area contributed by atoms with Crippen molar-refractivity contribution < 1.29 is 4.74 Å². The van der Waals surface area contributed by atoms with Crippen molar-refractivity contribution in [2.45, 2.75) is 39.2 Å². The monoisotopic (exact) mass is 255 g/mol. The Hall–Kier alpha value is -1.83. The molecule has 2 nitrogen and oxygen atoms in total. The van der Waals surface area contributed by atoms with Crippen molar-refractivity contribution in [3.63, 3.8) is 0 Å². The molecule has 0 aliphatic rings. The molecule has 1 aromatic carbocycles. The molecular formula is C17H21NO. The van der Waals surface area contributed by atoms with Gasteiger partial charge in [-0.25, -0.2) is 0 Å². The molecule has 0 saturated heterocycles. The molecule has 1 heterocycles. The van der Waals surface area contributed by atoms with E-state index in [0.717, 1.165) is 18.6 Å². The molecule has 0 aliphatic carbocycles. The Morgan fingerprint density at radius 1 is 0.842 bits per heavy atom. The number of pyridine rings is 1. The smallest absolute Gasteiger partial charge is 0.120 e. The van der Waals surface area contributed by atoms with E-state index in [0.29, 0.717) is 0 Å². The minimum Gasteiger partial charge on any atom is -0.488 e. The van der Waals surface area contributed by atoms with Crippen molar-refractivity contribution in [2.24, 2.45) is 0 Å². The molecule has 100 valence electrons. The third-order valence-electron chi connectivity index (χ3n) is 2.80. The number of ether oxygens (including phenoxy) is 1. The van der Waals surface area contributed by atoms with Crippen molar-refractivity contribution in [2.75, 3.05) is 0 Å². The molecule has 2 heteroatoms. The highest BCUT2D eigenvalue weighted by Gasteiger charge is 2.11. The fourth-order valence-corrected chi connectivity index (χ4v) is 1.92. The van der Waals surface area contributed by atoms with Crippen molar-refractivity contribution >= 4 is 0 Å². The Labute approximate surface area is 115 Å². The summed E-state index contributed by atoms with van der Waals surface area (Å²) in [7, 11) is 0. The summed E-state index contributed by atoms with van der Waals surface area (Å²) in [5.74, 6) is 0.931. The minimum atomic E-state index is -0.140. The number of aryl methyl sites for hydroxylation is 2. The second-order valence-corrected chi connectivity index (χ2v) is 5.71. The molecule has 2 aromatic rings. The molecule has 0 amide bonds. The standard InChI is InChI=1S/C17H21NO/c1-17(2,3)19-16-8-6-14(7-9-16)4-5-15-10-12-18-13-11-15/h6-13H,4-5H2,1-3H3. The first-order chi connectivity index (χ1) is 9.03. The average Bonchev–Trinajstić information content (AvgIpc) is 2.37. The Balaban J connectivity index is 1.92. The summed E-state index contributed by atoms with van der Waals surface area (Å²) in [6.07, 6.45) is 5.77.